The van der Waals surface area contributed by atoms with Crippen LogP contribution in [0.25, 0.3) is 11.0 Å². The molecular weight excluding hydrogens is 441 g/mol. The second-order valence-corrected chi connectivity index (χ2v) is 8.70. The summed E-state index contributed by atoms with van der Waals surface area (Å²) in [6.07, 6.45) is 1.76. The minimum atomic E-state index is -0.337. The topological polar surface area (TPSA) is 65.4 Å². The summed E-state index contributed by atoms with van der Waals surface area (Å²) in [4.78, 5) is 18.2. The number of fused-ring (bicyclic) bond motifs is 2. The van der Waals surface area contributed by atoms with Crippen molar-refractivity contribution in [3.63, 3.8) is 0 Å². The van der Waals surface area contributed by atoms with E-state index in [-0.39, 0.29) is 23.5 Å². The van der Waals surface area contributed by atoms with E-state index in [1.165, 1.54) is 23.9 Å². The third kappa shape index (κ3) is 4.96. The SMILES string of the molecule is O=C(CSc1ccc2c(c1)OCCO2)NC(Cn1cnc2ccccc21)c1ccc(F)cc1. The highest BCUT2D eigenvalue weighted by Gasteiger charge is 2.18. The highest BCUT2D eigenvalue weighted by Crippen LogP contribution is 2.34. The average molecular weight is 464 g/mol. The smallest absolute Gasteiger partial charge is 0.230 e. The number of thioether (sulfide) groups is 1. The number of imidazole rings is 1. The lowest BCUT2D eigenvalue weighted by atomic mass is 10.1. The lowest BCUT2D eigenvalue weighted by molar-refractivity contribution is -0.119. The zero-order chi connectivity index (χ0) is 22.6. The van der Waals surface area contributed by atoms with Crippen LogP contribution in [0.15, 0.2) is 78.0 Å². The Morgan fingerprint density at radius 3 is 2.70 bits per heavy atom. The van der Waals surface area contributed by atoms with Crippen molar-refractivity contribution in [1.82, 2.24) is 14.9 Å². The van der Waals surface area contributed by atoms with Crippen molar-refractivity contribution in [2.75, 3.05) is 19.0 Å². The molecule has 4 aromatic rings. The maximum absolute atomic E-state index is 13.5. The van der Waals surface area contributed by atoms with E-state index in [4.69, 9.17) is 9.47 Å². The minimum Gasteiger partial charge on any atom is -0.486 e. The van der Waals surface area contributed by atoms with E-state index in [0.717, 1.165) is 27.2 Å². The molecule has 3 aromatic carbocycles. The fourth-order valence-electron chi connectivity index (χ4n) is 3.78. The number of nitrogens with one attached hydrogen (secondary N) is 1. The normalized spacial score (nSPS) is 13.6. The Labute approximate surface area is 194 Å². The Morgan fingerprint density at radius 2 is 1.85 bits per heavy atom. The van der Waals surface area contributed by atoms with Gasteiger partial charge in [-0.1, -0.05) is 24.3 Å². The van der Waals surface area contributed by atoms with Gasteiger partial charge in [0.2, 0.25) is 5.91 Å². The Bertz CT molecular complexity index is 1280. The zero-order valence-electron chi connectivity index (χ0n) is 17.7. The van der Waals surface area contributed by atoms with Crippen molar-refractivity contribution in [2.24, 2.45) is 0 Å². The van der Waals surface area contributed by atoms with Gasteiger partial charge in [0, 0.05) is 11.4 Å². The van der Waals surface area contributed by atoms with Crippen LogP contribution in [0.1, 0.15) is 11.6 Å². The van der Waals surface area contributed by atoms with E-state index < -0.39 is 0 Å². The van der Waals surface area contributed by atoms with Crippen LogP contribution in [-0.2, 0) is 11.3 Å². The first-order chi connectivity index (χ1) is 16.2. The molecule has 0 fully saturated rings. The predicted molar refractivity (Wildman–Crippen MR) is 125 cm³/mol. The minimum absolute atomic E-state index is 0.117. The largest absolute Gasteiger partial charge is 0.486 e. The fourth-order valence-corrected chi connectivity index (χ4v) is 4.52. The van der Waals surface area contributed by atoms with Crippen molar-refractivity contribution in [3.05, 3.63) is 84.4 Å². The number of carbonyl (C=O) groups is 1. The predicted octanol–water partition coefficient (Wildman–Crippen LogP) is 4.60. The molecule has 1 atom stereocenters. The van der Waals surface area contributed by atoms with Gasteiger partial charge in [-0.2, -0.15) is 0 Å². The molecule has 2 heterocycles. The van der Waals surface area contributed by atoms with Gasteiger partial charge in [-0.15, -0.1) is 11.8 Å². The second-order valence-electron chi connectivity index (χ2n) is 7.65. The molecule has 1 aromatic heterocycles. The molecule has 0 spiro atoms. The summed E-state index contributed by atoms with van der Waals surface area (Å²) >= 11 is 1.42. The van der Waals surface area contributed by atoms with Crippen LogP contribution < -0.4 is 14.8 Å². The fraction of sp³-hybridized carbons (Fsp3) is 0.200. The summed E-state index contributed by atoms with van der Waals surface area (Å²) in [6, 6.07) is 19.4. The Morgan fingerprint density at radius 1 is 1.06 bits per heavy atom. The molecule has 1 amide bonds. The molecule has 1 aliphatic heterocycles. The molecule has 1 unspecified atom stereocenters. The lowest BCUT2D eigenvalue weighted by Crippen LogP contribution is -2.32. The molecule has 8 heteroatoms. The molecule has 6 nitrogen and oxygen atoms in total. The standard InChI is InChI=1S/C25H22FN3O3S/c26-18-7-5-17(6-8-18)21(14-29-16-27-20-3-1-2-4-22(20)29)28-25(30)15-33-19-9-10-23-24(13-19)32-12-11-31-23/h1-10,13,16,21H,11-12,14-15H2,(H,28,30). The van der Waals surface area contributed by atoms with Gasteiger partial charge in [0.05, 0.1) is 29.2 Å². The summed E-state index contributed by atoms with van der Waals surface area (Å²) in [5.74, 6) is 1.23. The summed E-state index contributed by atoms with van der Waals surface area (Å²) < 4.78 is 26.7. The number of amides is 1. The Kier molecular flexibility index (Phi) is 6.17. The first-order valence-corrected chi connectivity index (χ1v) is 11.6. The number of hydrogen-bond donors (Lipinski definition) is 1. The number of carbonyl (C=O) groups excluding carboxylic acids is 1. The number of para-hydroxylation sites is 2. The summed E-state index contributed by atoms with van der Waals surface area (Å²) in [5.41, 5.74) is 2.69. The number of hydrogen-bond acceptors (Lipinski definition) is 5. The number of rotatable bonds is 7. The van der Waals surface area contributed by atoms with Gasteiger partial charge in [0.1, 0.15) is 19.0 Å². The molecule has 0 radical (unpaired) electrons. The molecule has 0 saturated heterocycles. The van der Waals surface area contributed by atoms with Crippen molar-refractivity contribution in [1.29, 1.82) is 0 Å². The first kappa shape index (κ1) is 21.3. The summed E-state index contributed by atoms with van der Waals surface area (Å²) in [5, 5.41) is 3.10. The van der Waals surface area contributed by atoms with Gasteiger partial charge >= 0.3 is 0 Å². The van der Waals surface area contributed by atoms with Crippen LogP contribution >= 0.6 is 11.8 Å². The number of halogens is 1. The van der Waals surface area contributed by atoms with Gasteiger partial charge in [0.15, 0.2) is 11.5 Å². The van der Waals surface area contributed by atoms with E-state index in [1.807, 2.05) is 47.0 Å². The molecule has 0 saturated carbocycles. The average Bonchev–Trinajstić information content (AvgIpc) is 3.25. The van der Waals surface area contributed by atoms with Gasteiger partial charge in [-0.3, -0.25) is 4.79 Å². The molecule has 0 aliphatic carbocycles. The maximum atomic E-state index is 13.5. The van der Waals surface area contributed by atoms with E-state index in [2.05, 4.69) is 10.3 Å². The number of aromatic nitrogens is 2. The van der Waals surface area contributed by atoms with E-state index in [0.29, 0.717) is 25.5 Å². The molecule has 168 valence electrons. The molecule has 5 rings (SSSR count). The number of ether oxygens (including phenoxy) is 2. The van der Waals surface area contributed by atoms with Crippen molar-refractivity contribution < 1.29 is 18.7 Å². The third-order valence-electron chi connectivity index (χ3n) is 5.40. The zero-order valence-corrected chi connectivity index (χ0v) is 18.6. The Hall–Kier alpha value is -3.52. The highest BCUT2D eigenvalue weighted by atomic mass is 32.2. The Balaban J connectivity index is 1.30. The van der Waals surface area contributed by atoms with Crippen LogP contribution in [0, 0.1) is 5.82 Å². The molecular formula is C25H22FN3O3S. The van der Waals surface area contributed by atoms with Crippen LogP contribution in [0.3, 0.4) is 0 Å². The lowest BCUT2D eigenvalue weighted by Gasteiger charge is -2.21. The van der Waals surface area contributed by atoms with Crippen molar-refractivity contribution >= 4 is 28.7 Å². The quantitative estimate of drug-likeness (QED) is 0.406. The second kappa shape index (κ2) is 9.54. The van der Waals surface area contributed by atoms with E-state index in [9.17, 15) is 9.18 Å². The molecule has 1 aliphatic rings. The van der Waals surface area contributed by atoms with Gasteiger partial charge in [-0.05, 0) is 48.0 Å². The van der Waals surface area contributed by atoms with Crippen LogP contribution in [-0.4, -0.2) is 34.4 Å². The van der Waals surface area contributed by atoms with Gasteiger partial charge in [0.25, 0.3) is 0 Å². The van der Waals surface area contributed by atoms with Gasteiger partial charge < -0.3 is 19.4 Å². The summed E-state index contributed by atoms with van der Waals surface area (Å²) in [6.45, 7) is 1.54. The molecule has 1 N–H and O–H groups in total. The van der Waals surface area contributed by atoms with Gasteiger partial charge in [-0.25, -0.2) is 9.37 Å². The third-order valence-corrected chi connectivity index (χ3v) is 6.39. The number of nitrogens with zero attached hydrogens (tertiary/aromatic N) is 2. The van der Waals surface area contributed by atoms with Crippen molar-refractivity contribution in [3.8, 4) is 11.5 Å². The highest BCUT2D eigenvalue weighted by molar-refractivity contribution is 8.00. The maximum Gasteiger partial charge on any atom is 0.230 e. The monoisotopic (exact) mass is 463 g/mol. The summed E-state index contributed by atoms with van der Waals surface area (Å²) in [7, 11) is 0. The number of benzene rings is 3. The van der Waals surface area contributed by atoms with E-state index in [1.54, 1.807) is 18.5 Å². The van der Waals surface area contributed by atoms with Crippen molar-refractivity contribution in [2.45, 2.75) is 17.5 Å². The van der Waals surface area contributed by atoms with Crippen LogP contribution in [0.5, 0.6) is 11.5 Å². The van der Waals surface area contributed by atoms with Crippen LogP contribution in [0.2, 0.25) is 0 Å². The first-order valence-electron chi connectivity index (χ1n) is 10.6. The molecule has 0 bridgehead atoms. The van der Waals surface area contributed by atoms with E-state index >= 15 is 0 Å². The molecule has 33 heavy (non-hydrogen) atoms. The van der Waals surface area contributed by atoms with Crippen LogP contribution in [0.4, 0.5) is 4.39 Å².